The van der Waals surface area contributed by atoms with E-state index in [0.717, 1.165) is 15.6 Å². The van der Waals surface area contributed by atoms with Crippen molar-refractivity contribution >= 4 is 22.3 Å². The summed E-state index contributed by atoms with van der Waals surface area (Å²) in [7, 11) is 0. The molecule has 0 saturated carbocycles. The van der Waals surface area contributed by atoms with E-state index in [1.54, 1.807) is 0 Å². The molecule has 0 amide bonds. The van der Waals surface area contributed by atoms with Gasteiger partial charge in [-0.2, -0.15) is 0 Å². The van der Waals surface area contributed by atoms with Gasteiger partial charge in [0.05, 0.1) is 12.6 Å². The lowest BCUT2D eigenvalue weighted by molar-refractivity contribution is -0.138. The van der Waals surface area contributed by atoms with E-state index in [2.05, 4.69) is 48.6 Å². The molecule has 1 unspecified atom stereocenters. The summed E-state index contributed by atoms with van der Waals surface area (Å²) in [5.41, 5.74) is 1.93. The van der Waals surface area contributed by atoms with Gasteiger partial charge in [-0.3, -0.25) is 0 Å². The van der Waals surface area contributed by atoms with Crippen LogP contribution in [0.25, 0.3) is 0 Å². The van der Waals surface area contributed by atoms with Crippen molar-refractivity contribution in [2.45, 2.75) is 46.5 Å². The minimum absolute atomic E-state index is 0.00793. The number of hydrogen-bond donors (Lipinski definition) is 1. The van der Waals surface area contributed by atoms with Crippen molar-refractivity contribution in [1.82, 2.24) is 5.06 Å². The Labute approximate surface area is 128 Å². The van der Waals surface area contributed by atoms with E-state index in [1.165, 1.54) is 6.40 Å². The van der Waals surface area contributed by atoms with E-state index in [9.17, 15) is 5.11 Å². The molecule has 1 N–H and O–H groups in total. The zero-order valence-electron chi connectivity index (χ0n) is 12.3. The lowest BCUT2D eigenvalue weighted by Gasteiger charge is -2.35. The Hall–Kier alpha value is -0.910. The third-order valence-electron chi connectivity index (χ3n) is 3.49. The van der Waals surface area contributed by atoms with Crippen LogP contribution in [0.1, 0.15) is 44.9 Å². The highest BCUT2D eigenvalue weighted by molar-refractivity contribution is 9.10. The maximum Gasteiger partial charge on any atom is 0.198 e. The smallest absolute Gasteiger partial charge is 0.198 e. The van der Waals surface area contributed by atoms with Crippen LogP contribution < -0.4 is 0 Å². The van der Waals surface area contributed by atoms with Crippen LogP contribution in [-0.4, -0.2) is 22.7 Å². The second-order valence-corrected chi connectivity index (χ2v) is 7.05. The molecule has 110 valence electrons. The van der Waals surface area contributed by atoms with Crippen LogP contribution in [0.2, 0.25) is 0 Å². The summed E-state index contributed by atoms with van der Waals surface area (Å²) in [6.07, 6.45) is 1.47. The highest BCUT2D eigenvalue weighted by Gasteiger charge is 2.38. The maximum atomic E-state index is 9.55. The number of hydroxylamine groups is 2. The van der Waals surface area contributed by atoms with Crippen LogP contribution >= 0.6 is 15.9 Å². The average Bonchev–Trinajstić information content (AvgIpc) is 2.86. The van der Waals surface area contributed by atoms with E-state index < -0.39 is 0 Å². The first-order valence-electron chi connectivity index (χ1n) is 6.70. The van der Waals surface area contributed by atoms with Crippen LogP contribution in [0.5, 0.6) is 0 Å². The van der Waals surface area contributed by atoms with Crippen LogP contribution in [0.15, 0.2) is 27.7 Å². The molecule has 2 rings (SSSR count). The first-order chi connectivity index (χ1) is 9.34. The van der Waals surface area contributed by atoms with Crippen molar-refractivity contribution < 1.29 is 9.94 Å². The Morgan fingerprint density at radius 3 is 2.75 bits per heavy atom. The number of aliphatic imine (C=N–C) groups is 1. The molecule has 1 aromatic rings. The zero-order chi connectivity index (χ0) is 14.9. The number of rotatable bonds is 3. The number of aliphatic hydroxyl groups excluding tert-OH is 1. The largest absolute Gasteiger partial charge is 0.392 e. The predicted octanol–water partition coefficient (Wildman–Crippen LogP) is 3.65. The number of benzene rings is 1. The van der Waals surface area contributed by atoms with E-state index in [1.807, 2.05) is 23.3 Å². The Balaban J connectivity index is 2.30. The molecular weight excluding hydrogens is 320 g/mol. The van der Waals surface area contributed by atoms with Crippen molar-refractivity contribution in [2.24, 2.45) is 10.4 Å². The molecule has 1 heterocycles. The fourth-order valence-corrected chi connectivity index (χ4v) is 2.84. The monoisotopic (exact) mass is 340 g/mol. The molecule has 0 spiro atoms. The summed E-state index contributed by atoms with van der Waals surface area (Å²) in [5, 5.41) is 11.4. The number of hydrogen-bond acceptors (Lipinski definition) is 4. The van der Waals surface area contributed by atoms with E-state index in [0.29, 0.717) is 0 Å². The Kier molecular flexibility index (Phi) is 4.52. The predicted molar refractivity (Wildman–Crippen MR) is 83.1 cm³/mol. The standard InChI is InChI=1S/C15H21BrN2O2/c1-10(13-6-5-12(16)7-11(13)8-19)18-14(15(2,3)4)17-9-20-18/h5-7,9-10,14,19H,8H2,1-4H3/t10?,14-/m1/s1. The molecule has 0 bridgehead atoms. The first kappa shape index (κ1) is 15.5. The molecule has 0 saturated heterocycles. The fraction of sp³-hybridized carbons (Fsp3) is 0.533. The Bertz CT molecular complexity index is 511. The highest BCUT2D eigenvalue weighted by atomic mass is 79.9. The number of nitrogens with zero attached hydrogens (tertiary/aromatic N) is 2. The van der Waals surface area contributed by atoms with Gasteiger partial charge in [-0.1, -0.05) is 42.8 Å². The fourth-order valence-electron chi connectivity index (χ4n) is 2.43. The summed E-state index contributed by atoms with van der Waals surface area (Å²) in [6, 6.07) is 5.95. The lowest BCUT2D eigenvalue weighted by Crippen LogP contribution is -2.40. The van der Waals surface area contributed by atoms with Crippen LogP contribution in [0, 0.1) is 5.41 Å². The van der Waals surface area contributed by atoms with Gasteiger partial charge in [0.15, 0.2) is 6.40 Å². The van der Waals surface area contributed by atoms with Gasteiger partial charge in [0.2, 0.25) is 0 Å². The van der Waals surface area contributed by atoms with E-state index >= 15 is 0 Å². The molecule has 1 aliphatic heterocycles. The summed E-state index contributed by atoms with van der Waals surface area (Å²) in [6.45, 7) is 8.48. The molecule has 2 atom stereocenters. The van der Waals surface area contributed by atoms with Gasteiger partial charge in [-0.05, 0) is 30.2 Å². The molecule has 0 aromatic heterocycles. The molecule has 1 aromatic carbocycles. The molecule has 20 heavy (non-hydrogen) atoms. The summed E-state index contributed by atoms with van der Waals surface area (Å²) in [4.78, 5) is 10.0. The number of aliphatic hydroxyl groups is 1. The molecule has 0 aliphatic carbocycles. The van der Waals surface area contributed by atoms with Crippen molar-refractivity contribution in [3.63, 3.8) is 0 Å². The van der Waals surface area contributed by atoms with Gasteiger partial charge < -0.3 is 9.94 Å². The summed E-state index contributed by atoms with van der Waals surface area (Å²) in [5.74, 6) is 0. The minimum Gasteiger partial charge on any atom is -0.392 e. The summed E-state index contributed by atoms with van der Waals surface area (Å²) >= 11 is 3.43. The van der Waals surface area contributed by atoms with E-state index in [-0.39, 0.29) is 24.2 Å². The van der Waals surface area contributed by atoms with Crippen molar-refractivity contribution in [3.8, 4) is 0 Å². The molecule has 1 aliphatic rings. The van der Waals surface area contributed by atoms with Crippen molar-refractivity contribution in [2.75, 3.05) is 0 Å². The molecule has 0 fully saturated rings. The second-order valence-electron chi connectivity index (χ2n) is 6.14. The van der Waals surface area contributed by atoms with Crippen LogP contribution in [0.3, 0.4) is 0 Å². The molecular formula is C15H21BrN2O2. The highest BCUT2D eigenvalue weighted by Crippen LogP contribution is 2.36. The van der Waals surface area contributed by atoms with Gasteiger partial charge in [-0.15, -0.1) is 5.06 Å². The van der Waals surface area contributed by atoms with Crippen LogP contribution in [0.4, 0.5) is 0 Å². The minimum atomic E-state index is -0.0345. The Morgan fingerprint density at radius 2 is 2.15 bits per heavy atom. The Morgan fingerprint density at radius 1 is 1.45 bits per heavy atom. The van der Waals surface area contributed by atoms with Gasteiger partial charge in [-0.25, -0.2) is 4.99 Å². The topological polar surface area (TPSA) is 45.1 Å². The quantitative estimate of drug-likeness (QED) is 0.913. The SMILES string of the molecule is CC(c1ccc(Br)cc1CO)N1OC=N[C@H]1C(C)(C)C. The van der Waals surface area contributed by atoms with Crippen molar-refractivity contribution in [1.29, 1.82) is 0 Å². The summed E-state index contributed by atoms with van der Waals surface area (Å²) < 4.78 is 0.962. The lowest BCUT2D eigenvalue weighted by atomic mass is 9.91. The first-order valence-corrected chi connectivity index (χ1v) is 7.50. The molecule has 0 radical (unpaired) electrons. The number of halogens is 1. The van der Waals surface area contributed by atoms with Gasteiger partial charge in [0.25, 0.3) is 0 Å². The molecule has 4 nitrogen and oxygen atoms in total. The second kappa shape index (κ2) is 5.84. The third-order valence-corrected chi connectivity index (χ3v) is 3.99. The van der Waals surface area contributed by atoms with Gasteiger partial charge >= 0.3 is 0 Å². The maximum absolute atomic E-state index is 9.55. The average molecular weight is 341 g/mol. The zero-order valence-corrected chi connectivity index (χ0v) is 13.9. The normalized spacial score (nSPS) is 21.0. The third kappa shape index (κ3) is 3.05. The molecule has 5 heteroatoms. The van der Waals surface area contributed by atoms with Crippen molar-refractivity contribution in [3.05, 3.63) is 33.8 Å². The van der Waals surface area contributed by atoms with Gasteiger partial charge in [0, 0.05) is 9.89 Å². The van der Waals surface area contributed by atoms with Gasteiger partial charge in [0.1, 0.15) is 6.17 Å². The van der Waals surface area contributed by atoms with Crippen LogP contribution in [-0.2, 0) is 11.4 Å². The van der Waals surface area contributed by atoms with E-state index in [4.69, 9.17) is 4.84 Å².